The average Bonchev–Trinajstić information content (AvgIpc) is 2.30. The van der Waals surface area contributed by atoms with E-state index in [1.165, 1.54) is 32.4 Å². The topological polar surface area (TPSA) is 21.7 Å². The second kappa shape index (κ2) is 7.51. The zero-order valence-electron chi connectivity index (χ0n) is 12.0. The Morgan fingerprint density at radius 2 is 1.59 bits per heavy atom. The van der Waals surface area contributed by atoms with Gasteiger partial charge in [-0.2, -0.15) is 0 Å². The second-order valence-corrected chi connectivity index (χ2v) is 8.40. The van der Waals surface area contributed by atoms with Gasteiger partial charge in [0.05, 0.1) is 0 Å². The van der Waals surface area contributed by atoms with E-state index in [0.29, 0.717) is 6.04 Å². The molecule has 0 aromatic rings. The van der Waals surface area contributed by atoms with Gasteiger partial charge in [0.25, 0.3) is 0 Å². The fourth-order valence-electron chi connectivity index (χ4n) is 2.80. The van der Waals surface area contributed by atoms with Crippen LogP contribution >= 0.6 is 0 Å². The summed E-state index contributed by atoms with van der Waals surface area (Å²) in [6.45, 7) is 12.7. The van der Waals surface area contributed by atoms with E-state index in [-0.39, 0.29) is 0 Å². The van der Waals surface area contributed by atoms with Crippen LogP contribution in [-0.2, 0) is 8.85 Å². The van der Waals surface area contributed by atoms with E-state index in [2.05, 4.69) is 32.2 Å². The Balaban J connectivity index is 2.46. The highest BCUT2D eigenvalue weighted by Gasteiger charge is 2.34. The molecule has 0 amide bonds. The summed E-state index contributed by atoms with van der Waals surface area (Å²) in [6.07, 6.45) is 4.10. The van der Waals surface area contributed by atoms with Gasteiger partial charge in [-0.25, -0.2) is 0 Å². The van der Waals surface area contributed by atoms with E-state index < -0.39 is 8.56 Å². The number of rotatable bonds is 7. The van der Waals surface area contributed by atoms with Crippen LogP contribution in [0.3, 0.4) is 0 Å². The van der Waals surface area contributed by atoms with Gasteiger partial charge in [0.1, 0.15) is 0 Å². The molecule has 1 saturated heterocycles. The van der Waals surface area contributed by atoms with Gasteiger partial charge >= 0.3 is 8.56 Å². The van der Waals surface area contributed by atoms with Crippen LogP contribution in [0.2, 0.25) is 12.6 Å². The Morgan fingerprint density at radius 3 is 2.06 bits per heavy atom. The van der Waals surface area contributed by atoms with E-state index in [9.17, 15) is 0 Å². The Morgan fingerprint density at radius 1 is 1.06 bits per heavy atom. The van der Waals surface area contributed by atoms with Crippen molar-refractivity contribution in [3.05, 3.63) is 0 Å². The van der Waals surface area contributed by atoms with E-state index in [1.807, 2.05) is 0 Å². The molecule has 0 radical (unpaired) electrons. The van der Waals surface area contributed by atoms with Crippen molar-refractivity contribution in [2.45, 2.75) is 58.7 Å². The molecule has 1 heterocycles. The predicted molar refractivity (Wildman–Crippen MR) is 74.6 cm³/mol. The van der Waals surface area contributed by atoms with Gasteiger partial charge in [-0.05, 0) is 53.2 Å². The first-order chi connectivity index (χ1) is 8.11. The van der Waals surface area contributed by atoms with E-state index in [4.69, 9.17) is 8.85 Å². The molecule has 0 saturated carbocycles. The van der Waals surface area contributed by atoms with Crippen LogP contribution < -0.4 is 0 Å². The summed E-state index contributed by atoms with van der Waals surface area (Å²) in [5, 5.41) is 0. The highest BCUT2D eigenvalue weighted by Crippen LogP contribution is 2.22. The number of hydrogen-bond donors (Lipinski definition) is 0. The van der Waals surface area contributed by atoms with Gasteiger partial charge in [0.15, 0.2) is 0 Å². The maximum atomic E-state index is 5.92. The Bertz CT molecular complexity index is 202. The van der Waals surface area contributed by atoms with Crippen molar-refractivity contribution in [1.29, 1.82) is 0 Å². The number of nitrogens with zero attached hydrogens (tertiary/aromatic N) is 1. The third-order valence-electron chi connectivity index (χ3n) is 3.58. The van der Waals surface area contributed by atoms with Crippen molar-refractivity contribution in [3.8, 4) is 0 Å². The third kappa shape index (κ3) is 5.08. The van der Waals surface area contributed by atoms with Gasteiger partial charge in [0, 0.05) is 25.3 Å². The van der Waals surface area contributed by atoms with Crippen molar-refractivity contribution in [2.75, 3.05) is 26.3 Å². The molecule has 3 nitrogen and oxygen atoms in total. The lowest BCUT2D eigenvalue weighted by Crippen LogP contribution is -2.47. The van der Waals surface area contributed by atoms with Gasteiger partial charge in [0.2, 0.25) is 0 Å². The molecule has 17 heavy (non-hydrogen) atoms. The minimum Gasteiger partial charge on any atom is -0.395 e. The van der Waals surface area contributed by atoms with Crippen LogP contribution in [0.1, 0.15) is 40.0 Å². The highest BCUT2D eigenvalue weighted by molar-refractivity contribution is 6.66. The first-order valence-electron chi connectivity index (χ1n) is 7.13. The zero-order valence-corrected chi connectivity index (χ0v) is 13.0. The van der Waals surface area contributed by atoms with Crippen LogP contribution in [0, 0.1) is 0 Å². The lowest BCUT2D eigenvalue weighted by Gasteiger charge is -2.36. The van der Waals surface area contributed by atoms with E-state index >= 15 is 0 Å². The van der Waals surface area contributed by atoms with E-state index in [1.54, 1.807) is 0 Å². The first kappa shape index (κ1) is 15.2. The highest BCUT2D eigenvalue weighted by atomic mass is 28.4. The minimum absolute atomic E-state index is 0.602. The standard InChI is InChI=1S/C13H29NO2Si/c1-5-15-17(4,16-6-2)12-13(3)14-10-8-7-9-11-14/h13H,5-12H2,1-4H3. The summed E-state index contributed by atoms with van der Waals surface area (Å²) in [4.78, 5) is 2.60. The quantitative estimate of drug-likeness (QED) is 0.656. The Kier molecular flexibility index (Phi) is 6.70. The molecule has 1 fully saturated rings. The zero-order chi connectivity index (χ0) is 12.7. The molecule has 0 aromatic heterocycles. The fourth-order valence-corrected chi connectivity index (χ4v) is 5.67. The van der Waals surface area contributed by atoms with Crippen molar-refractivity contribution < 1.29 is 8.85 Å². The van der Waals surface area contributed by atoms with Crippen LogP contribution in [0.15, 0.2) is 0 Å². The van der Waals surface area contributed by atoms with Crippen molar-refractivity contribution in [3.63, 3.8) is 0 Å². The largest absolute Gasteiger partial charge is 0.395 e. The summed E-state index contributed by atoms with van der Waals surface area (Å²) in [5.41, 5.74) is 0. The average molecular weight is 259 g/mol. The van der Waals surface area contributed by atoms with Crippen molar-refractivity contribution in [2.24, 2.45) is 0 Å². The lowest BCUT2D eigenvalue weighted by atomic mass is 10.1. The monoisotopic (exact) mass is 259 g/mol. The first-order valence-corrected chi connectivity index (χ1v) is 9.65. The van der Waals surface area contributed by atoms with Crippen LogP contribution in [0.25, 0.3) is 0 Å². The van der Waals surface area contributed by atoms with Crippen LogP contribution in [-0.4, -0.2) is 45.8 Å². The molecule has 0 aliphatic carbocycles. The molecule has 0 aromatic carbocycles. The predicted octanol–water partition coefficient (Wildman–Crippen LogP) is 3.01. The number of likely N-dealkylation sites (tertiary alicyclic amines) is 1. The minimum atomic E-state index is -1.94. The van der Waals surface area contributed by atoms with Gasteiger partial charge < -0.3 is 13.8 Å². The van der Waals surface area contributed by atoms with Gasteiger partial charge in [-0.3, -0.25) is 0 Å². The van der Waals surface area contributed by atoms with Crippen molar-refractivity contribution in [1.82, 2.24) is 4.90 Å². The summed E-state index contributed by atoms with van der Waals surface area (Å²) in [5.74, 6) is 0. The molecule has 1 aliphatic heterocycles. The SMILES string of the molecule is CCO[Si](C)(CC(C)N1CCCCC1)OCC. The molecule has 4 heteroatoms. The number of hydrogen-bond acceptors (Lipinski definition) is 3. The Hall–Kier alpha value is 0.0969. The van der Waals surface area contributed by atoms with E-state index in [0.717, 1.165) is 19.3 Å². The molecule has 0 N–H and O–H groups in total. The lowest BCUT2D eigenvalue weighted by molar-refractivity contribution is 0.150. The summed E-state index contributed by atoms with van der Waals surface area (Å²) in [7, 11) is -1.94. The van der Waals surface area contributed by atoms with Crippen LogP contribution in [0.5, 0.6) is 0 Å². The molecule has 0 spiro atoms. The smallest absolute Gasteiger partial charge is 0.336 e. The maximum Gasteiger partial charge on any atom is 0.336 e. The summed E-state index contributed by atoms with van der Waals surface area (Å²) < 4.78 is 11.8. The van der Waals surface area contributed by atoms with Gasteiger partial charge in [-0.1, -0.05) is 6.42 Å². The summed E-state index contributed by atoms with van der Waals surface area (Å²) >= 11 is 0. The normalized spacial score (nSPS) is 20.5. The molecule has 102 valence electrons. The molecule has 1 rings (SSSR count). The van der Waals surface area contributed by atoms with Crippen LogP contribution in [0.4, 0.5) is 0 Å². The molecular formula is C13H29NO2Si. The number of piperidine rings is 1. The molecule has 1 unspecified atom stereocenters. The Labute approximate surface area is 108 Å². The van der Waals surface area contributed by atoms with Crippen molar-refractivity contribution >= 4 is 8.56 Å². The maximum absolute atomic E-state index is 5.92. The third-order valence-corrected chi connectivity index (χ3v) is 6.71. The molecule has 1 aliphatic rings. The fraction of sp³-hybridized carbons (Fsp3) is 1.00. The molecular weight excluding hydrogens is 230 g/mol. The van der Waals surface area contributed by atoms with Gasteiger partial charge in [-0.15, -0.1) is 0 Å². The summed E-state index contributed by atoms with van der Waals surface area (Å²) in [6, 6.07) is 1.69. The molecule has 0 bridgehead atoms. The second-order valence-electron chi connectivity index (χ2n) is 5.15. The molecule has 1 atom stereocenters.